The van der Waals surface area contributed by atoms with Crippen LogP contribution in [0, 0.1) is 0 Å². The number of unbranched alkanes of at least 4 members (excludes halogenated alkanes) is 27. The molecule has 0 fully saturated rings. The molecule has 564 valence electrons. The number of hydrogen-bond acceptors (Lipinski definition) is 15. The molecule has 0 heterocycles. The molecule has 0 rings (SSSR count). The first-order valence-corrected chi connectivity index (χ1v) is 41.1. The number of ether oxygens (including phenoxy) is 4. The van der Waals surface area contributed by atoms with Crippen molar-refractivity contribution in [3.63, 3.8) is 0 Å². The summed E-state index contributed by atoms with van der Waals surface area (Å²) in [4.78, 5) is 72.8. The van der Waals surface area contributed by atoms with Gasteiger partial charge in [0.1, 0.15) is 19.3 Å². The van der Waals surface area contributed by atoms with Crippen LogP contribution in [0.1, 0.15) is 310 Å². The summed E-state index contributed by atoms with van der Waals surface area (Å²) in [6.07, 6.45) is 75.2. The van der Waals surface area contributed by atoms with Crippen molar-refractivity contribution in [2.45, 2.75) is 329 Å². The van der Waals surface area contributed by atoms with Crippen LogP contribution in [-0.4, -0.2) is 96.7 Å². The Morgan fingerprint density at radius 3 is 0.867 bits per heavy atom. The van der Waals surface area contributed by atoms with Crippen molar-refractivity contribution in [3.05, 3.63) is 109 Å². The van der Waals surface area contributed by atoms with Crippen molar-refractivity contribution in [3.8, 4) is 0 Å². The summed E-state index contributed by atoms with van der Waals surface area (Å²) in [5, 5.41) is 10.6. The van der Waals surface area contributed by atoms with Crippen molar-refractivity contribution < 1.29 is 80.2 Å². The van der Waals surface area contributed by atoms with Gasteiger partial charge >= 0.3 is 39.5 Å². The minimum atomic E-state index is -4.98. The van der Waals surface area contributed by atoms with Crippen molar-refractivity contribution in [2.24, 2.45) is 0 Å². The van der Waals surface area contributed by atoms with Crippen molar-refractivity contribution >= 4 is 39.5 Å². The van der Waals surface area contributed by atoms with E-state index in [4.69, 9.17) is 37.0 Å². The van der Waals surface area contributed by atoms with Gasteiger partial charge in [-0.2, -0.15) is 0 Å². The molecule has 0 aliphatic carbocycles. The van der Waals surface area contributed by atoms with Crippen LogP contribution in [0.25, 0.3) is 0 Å². The maximum Gasteiger partial charge on any atom is 0.472 e. The molecule has 0 bridgehead atoms. The number of carbonyl (C=O) groups is 4. The molecule has 0 aliphatic rings. The fraction of sp³-hybridized carbons (Fsp3) is 0.722. The monoisotopic (exact) mass is 1420 g/mol. The van der Waals surface area contributed by atoms with E-state index < -0.39 is 97.5 Å². The largest absolute Gasteiger partial charge is 0.472 e. The second-order valence-electron chi connectivity index (χ2n) is 25.2. The second-order valence-corrected chi connectivity index (χ2v) is 28.1. The van der Waals surface area contributed by atoms with Gasteiger partial charge in [-0.1, -0.05) is 272 Å². The predicted octanol–water partition coefficient (Wildman–Crippen LogP) is 21.8. The lowest BCUT2D eigenvalue weighted by Crippen LogP contribution is -2.30. The molecule has 0 aromatic heterocycles. The van der Waals surface area contributed by atoms with E-state index in [2.05, 4.69) is 137 Å². The van der Waals surface area contributed by atoms with Gasteiger partial charge in [0.2, 0.25) is 0 Å². The number of aliphatic hydroxyl groups is 1. The zero-order valence-electron chi connectivity index (χ0n) is 61.4. The Balaban J connectivity index is 5.30. The van der Waals surface area contributed by atoms with E-state index in [1.54, 1.807) is 0 Å². The van der Waals surface area contributed by atoms with Crippen LogP contribution in [-0.2, 0) is 65.4 Å². The zero-order chi connectivity index (χ0) is 71.8. The number of aliphatic hydroxyl groups excluding tert-OH is 1. The smallest absolute Gasteiger partial charge is 0.462 e. The van der Waals surface area contributed by atoms with Gasteiger partial charge in [-0.25, -0.2) is 9.13 Å². The van der Waals surface area contributed by atoms with Gasteiger partial charge in [-0.15, -0.1) is 0 Å². The second kappa shape index (κ2) is 71.1. The third-order valence-electron chi connectivity index (χ3n) is 15.7. The fourth-order valence-electron chi connectivity index (χ4n) is 9.95. The first kappa shape index (κ1) is 93.7. The molecule has 5 unspecified atom stereocenters. The van der Waals surface area contributed by atoms with Gasteiger partial charge in [0.15, 0.2) is 12.2 Å². The summed E-state index contributed by atoms with van der Waals surface area (Å²) in [7, 11) is -9.95. The summed E-state index contributed by atoms with van der Waals surface area (Å²) in [6.45, 7) is 4.55. The molecule has 0 saturated carbocycles. The molecule has 3 N–H and O–H groups in total. The third kappa shape index (κ3) is 70.2. The van der Waals surface area contributed by atoms with Crippen molar-refractivity contribution in [2.75, 3.05) is 39.6 Å². The Kier molecular flexibility index (Phi) is 68.0. The highest BCUT2D eigenvalue weighted by Gasteiger charge is 2.30. The SMILES string of the molecule is CC/C=C\C/C=C\C/C=C\C/C=C\C/C=C\CCCCCC(=O)OCC(COP(=O)(O)OCC(O)COP(=O)(O)OCC(COC(=O)CCCCCCCCC/C=C\C/C=C\C/C=C\CC)OC(=O)CCCCCCCCCCCCC)OC(=O)CCCCCCC/C=C\CCCC. The number of phosphoric ester groups is 2. The average molecular weight is 1420 g/mol. The molecular weight excluding hydrogens is 1280 g/mol. The molecule has 0 aromatic rings. The van der Waals surface area contributed by atoms with Gasteiger partial charge < -0.3 is 33.8 Å². The number of carbonyl (C=O) groups excluding carboxylic acids is 4. The molecule has 98 heavy (non-hydrogen) atoms. The van der Waals surface area contributed by atoms with Gasteiger partial charge in [0, 0.05) is 25.7 Å². The molecule has 0 aromatic carbocycles. The van der Waals surface area contributed by atoms with Gasteiger partial charge in [0.25, 0.3) is 0 Å². The Morgan fingerprint density at radius 2 is 0.541 bits per heavy atom. The molecule has 0 saturated heterocycles. The standard InChI is InChI=1S/C79H136O17P2/c1-5-9-13-17-21-25-29-31-33-35-36-38-40-42-46-48-52-56-60-64-77(82)90-70-75(96-79(84)66-62-58-54-50-44-28-24-20-16-12-8-4)72-94-98(87,88)92-68-73(80)67-91-97(85,86)93-71-74(95-78(83)65-61-57-53-49-43-27-23-19-15-11-7-3)69-89-76(81)63-59-55-51-47-45-41-39-37-34-32-30-26-22-18-14-10-6-2/h9-10,13-14,20-22,24-26,31-34,36,38,42,46,73-75,80H,5-8,11-12,15-19,23,27-30,35,37,39-41,43-45,47-72H2,1-4H3,(H,85,86)(H,87,88)/b13-9-,14-10-,24-20-,25-21-,26-22-,33-31-,34-32-,38-36-,46-42-. The minimum absolute atomic E-state index is 0.0760. The van der Waals surface area contributed by atoms with Crippen LogP contribution in [0.4, 0.5) is 0 Å². The van der Waals surface area contributed by atoms with E-state index in [1.807, 2.05) is 0 Å². The van der Waals surface area contributed by atoms with Crippen molar-refractivity contribution in [1.82, 2.24) is 0 Å². The quantitative estimate of drug-likeness (QED) is 0.0169. The number of esters is 4. The number of rotatable bonds is 71. The first-order valence-electron chi connectivity index (χ1n) is 38.1. The van der Waals surface area contributed by atoms with Crippen LogP contribution >= 0.6 is 15.6 Å². The van der Waals surface area contributed by atoms with Crippen LogP contribution in [0.2, 0.25) is 0 Å². The summed E-state index contributed by atoms with van der Waals surface area (Å²) in [5.41, 5.74) is 0. The molecule has 0 spiro atoms. The molecular formula is C79H136O17P2. The van der Waals surface area contributed by atoms with Crippen LogP contribution in [0.3, 0.4) is 0 Å². The molecule has 0 aliphatic heterocycles. The zero-order valence-corrected chi connectivity index (χ0v) is 63.2. The van der Waals surface area contributed by atoms with E-state index in [0.717, 1.165) is 180 Å². The highest BCUT2D eigenvalue weighted by molar-refractivity contribution is 7.47. The lowest BCUT2D eigenvalue weighted by atomic mass is 10.1. The fourth-order valence-corrected chi connectivity index (χ4v) is 11.5. The van der Waals surface area contributed by atoms with Crippen molar-refractivity contribution in [1.29, 1.82) is 0 Å². The van der Waals surface area contributed by atoms with E-state index in [-0.39, 0.29) is 25.7 Å². The van der Waals surface area contributed by atoms with Crippen LogP contribution in [0.5, 0.6) is 0 Å². The lowest BCUT2D eigenvalue weighted by molar-refractivity contribution is -0.161. The summed E-state index contributed by atoms with van der Waals surface area (Å²) >= 11 is 0. The summed E-state index contributed by atoms with van der Waals surface area (Å²) < 4.78 is 68.4. The van der Waals surface area contributed by atoms with E-state index in [1.165, 1.54) is 51.4 Å². The molecule has 0 radical (unpaired) electrons. The minimum Gasteiger partial charge on any atom is -0.462 e. The maximum atomic E-state index is 13.1. The Bertz CT molecular complexity index is 2290. The third-order valence-corrected chi connectivity index (χ3v) is 17.6. The molecule has 0 amide bonds. The topological polar surface area (TPSA) is 237 Å². The van der Waals surface area contributed by atoms with Gasteiger partial charge in [0.05, 0.1) is 26.4 Å². The first-order chi connectivity index (χ1) is 47.7. The highest BCUT2D eigenvalue weighted by Crippen LogP contribution is 2.45. The number of phosphoric acid groups is 2. The predicted molar refractivity (Wildman–Crippen MR) is 399 cm³/mol. The lowest BCUT2D eigenvalue weighted by Gasteiger charge is -2.21. The van der Waals surface area contributed by atoms with E-state index in [0.29, 0.717) is 25.7 Å². The van der Waals surface area contributed by atoms with Crippen LogP contribution in [0.15, 0.2) is 109 Å². The maximum absolute atomic E-state index is 13.1. The molecule has 5 atom stereocenters. The summed E-state index contributed by atoms with van der Waals surface area (Å²) in [6, 6.07) is 0. The average Bonchev–Trinajstić information content (AvgIpc) is 1.03. The Labute approximate surface area is 594 Å². The molecule has 19 heteroatoms. The Hall–Kier alpha value is -4.28. The normalized spacial score (nSPS) is 14.6. The van der Waals surface area contributed by atoms with Crippen LogP contribution < -0.4 is 0 Å². The number of hydrogen-bond donors (Lipinski definition) is 3. The van der Waals surface area contributed by atoms with Gasteiger partial charge in [-0.3, -0.25) is 37.3 Å². The van der Waals surface area contributed by atoms with E-state index in [9.17, 15) is 43.2 Å². The highest BCUT2D eigenvalue weighted by atomic mass is 31.2. The Morgan fingerprint density at radius 1 is 0.296 bits per heavy atom. The van der Waals surface area contributed by atoms with Gasteiger partial charge in [-0.05, 0) is 122 Å². The molecule has 17 nitrogen and oxygen atoms in total. The van der Waals surface area contributed by atoms with E-state index >= 15 is 0 Å². The summed E-state index contributed by atoms with van der Waals surface area (Å²) in [5.74, 6) is -2.22. The number of allylic oxidation sites excluding steroid dienone is 18.